The number of carbonyl (C=O) groups excluding carboxylic acids is 1. The average molecular weight is 370 g/mol. The fourth-order valence-electron chi connectivity index (χ4n) is 2.57. The van der Waals surface area contributed by atoms with E-state index in [1.807, 2.05) is 36.6 Å². The van der Waals surface area contributed by atoms with Crippen LogP contribution in [0.4, 0.5) is 4.39 Å². The van der Waals surface area contributed by atoms with E-state index < -0.39 is 0 Å². The van der Waals surface area contributed by atoms with E-state index in [4.69, 9.17) is 4.74 Å². The number of hydrogen-bond donors (Lipinski definition) is 1. The van der Waals surface area contributed by atoms with Gasteiger partial charge in [-0.15, -0.1) is 11.3 Å². The minimum absolute atomic E-state index is 0.145. The monoisotopic (exact) mass is 370 g/mol. The number of amides is 1. The van der Waals surface area contributed by atoms with Crippen molar-refractivity contribution in [3.8, 4) is 16.3 Å². The number of nitrogens with one attached hydrogen (secondary N) is 1. The zero-order valence-corrected chi connectivity index (χ0v) is 15.3. The maximum atomic E-state index is 13.3. The van der Waals surface area contributed by atoms with Crippen LogP contribution in [-0.4, -0.2) is 18.0 Å². The molecule has 0 bridgehead atoms. The summed E-state index contributed by atoms with van der Waals surface area (Å²) in [5, 5.41) is 5.61. The molecule has 6 heteroatoms. The molecular weight excluding hydrogens is 351 g/mol. The van der Waals surface area contributed by atoms with Crippen molar-refractivity contribution in [2.24, 2.45) is 0 Å². The van der Waals surface area contributed by atoms with Gasteiger partial charge in [0.15, 0.2) is 0 Å². The number of aromatic nitrogens is 1. The van der Waals surface area contributed by atoms with Crippen LogP contribution in [0.5, 0.6) is 5.75 Å². The highest BCUT2D eigenvalue weighted by molar-refractivity contribution is 7.13. The van der Waals surface area contributed by atoms with E-state index >= 15 is 0 Å². The normalized spacial score (nSPS) is 11.8. The van der Waals surface area contributed by atoms with Gasteiger partial charge >= 0.3 is 0 Å². The van der Waals surface area contributed by atoms with Crippen molar-refractivity contribution in [2.75, 3.05) is 7.11 Å². The van der Waals surface area contributed by atoms with Gasteiger partial charge in [0, 0.05) is 10.9 Å². The Morgan fingerprint density at radius 1 is 1.27 bits per heavy atom. The predicted molar refractivity (Wildman–Crippen MR) is 101 cm³/mol. The Labute approximate surface area is 155 Å². The average Bonchev–Trinajstić information content (AvgIpc) is 3.10. The van der Waals surface area contributed by atoms with E-state index in [0.717, 1.165) is 21.9 Å². The van der Waals surface area contributed by atoms with E-state index in [9.17, 15) is 9.18 Å². The molecule has 0 spiro atoms. The lowest BCUT2D eigenvalue weighted by Crippen LogP contribution is -2.28. The van der Waals surface area contributed by atoms with Gasteiger partial charge in [-0.2, -0.15) is 0 Å². The van der Waals surface area contributed by atoms with Gasteiger partial charge in [0.2, 0.25) is 5.91 Å². The smallest absolute Gasteiger partial charge is 0.226 e. The molecule has 0 saturated heterocycles. The molecular formula is C20H19FN2O2S. The molecule has 3 aromatic rings. The van der Waals surface area contributed by atoms with Crippen molar-refractivity contribution in [1.29, 1.82) is 0 Å². The molecule has 26 heavy (non-hydrogen) atoms. The first-order valence-electron chi connectivity index (χ1n) is 8.19. The first kappa shape index (κ1) is 18.1. The van der Waals surface area contributed by atoms with E-state index in [1.165, 1.54) is 23.5 Å². The third kappa shape index (κ3) is 4.46. The van der Waals surface area contributed by atoms with Crippen LogP contribution in [0.1, 0.15) is 24.2 Å². The van der Waals surface area contributed by atoms with Crippen LogP contribution in [-0.2, 0) is 11.2 Å². The number of ether oxygens (including phenoxy) is 1. The van der Waals surface area contributed by atoms with E-state index in [1.54, 1.807) is 19.2 Å². The summed E-state index contributed by atoms with van der Waals surface area (Å²) in [6, 6.07) is 13.6. The fourth-order valence-corrected chi connectivity index (χ4v) is 3.40. The first-order chi connectivity index (χ1) is 12.5. The standard InChI is InChI=1S/C20H19FN2O2S/c1-13(15-4-3-5-16(21)10-15)22-19(24)11-17-12-26-20(23-17)14-6-8-18(25-2)9-7-14/h3-10,12-13H,11H2,1-2H3,(H,22,24)/t13-/m0/s1. The maximum Gasteiger partial charge on any atom is 0.226 e. The lowest BCUT2D eigenvalue weighted by atomic mass is 10.1. The number of thiazole rings is 1. The Balaban J connectivity index is 1.62. The van der Waals surface area contributed by atoms with Gasteiger partial charge in [0.25, 0.3) is 0 Å². The van der Waals surface area contributed by atoms with Gasteiger partial charge in [-0.25, -0.2) is 9.37 Å². The van der Waals surface area contributed by atoms with Crippen molar-refractivity contribution in [3.05, 3.63) is 71.0 Å². The molecule has 1 atom stereocenters. The van der Waals surface area contributed by atoms with Crippen LogP contribution in [0, 0.1) is 5.82 Å². The molecule has 4 nitrogen and oxygen atoms in total. The summed E-state index contributed by atoms with van der Waals surface area (Å²) in [7, 11) is 1.62. The molecule has 1 aromatic heterocycles. The summed E-state index contributed by atoms with van der Waals surface area (Å²) >= 11 is 1.49. The second kappa shape index (κ2) is 8.10. The van der Waals surface area contributed by atoms with Crippen LogP contribution in [0.25, 0.3) is 10.6 Å². The summed E-state index contributed by atoms with van der Waals surface area (Å²) in [4.78, 5) is 16.8. The van der Waals surface area contributed by atoms with Gasteiger partial charge in [-0.3, -0.25) is 4.79 Å². The topological polar surface area (TPSA) is 51.2 Å². The SMILES string of the molecule is COc1ccc(-c2nc(CC(=O)N[C@@H](C)c3cccc(F)c3)cs2)cc1. The predicted octanol–water partition coefficient (Wildman–Crippen LogP) is 4.38. The molecule has 1 heterocycles. The number of nitrogens with zero attached hydrogens (tertiary/aromatic N) is 1. The highest BCUT2D eigenvalue weighted by Crippen LogP contribution is 2.26. The molecule has 0 aliphatic rings. The van der Waals surface area contributed by atoms with E-state index in [-0.39, 0.29) is 24.2 Å². The molecule has 0 radical (unpaired) electrons. The number of hydrogen-bond acceptors (Lipinski definition) is 4. The van der Waals surface area contributed by atoms with Crippen LogP contribution < -0.4 is 10.1 Å². The number of methoxy groups -OCH3 is 1. The number of carbonyl (C=O) groups is 1. The second-order valence-electron chi connectivity index (χ2n) is 5.89. The molecule has 1 N–H and O–H groups in total. The maximum absolute atomic E-state index is 13.3. The Morgan fingerprint density at radius 3 is 2.73 bits per heavy atom. The Kier molecular flexibility index (Phi) is 5.63. The number of rotatable bonds is 6. The largest absolute Gasteiger partial charge is 0.497 e. The van der Waals surface area contributed by atoms with Gasteiger partial charge in [-0.1, -0.05) is 12.1 Å². The van der Waals surface area contributed by atoms with E-state index in [2.05, 4.69) is 10.3 Å². The molecule has 0 aliphatic heterocycles. The summed E-state index contributed by atoms with van der Waals surface area (Å²) in [6.45, 7) is 1.83. The van der Waals surface area contributed by atoms with Gasteiger partial charge in [0.1, 0.15) is 16.6 Å². The number of benzene rings is 2. The minimum atomic E-state index is -0.313. The van der Waals surface area contributed by atoms with Crippen LogP contribution >= 0.6 is 11.3 Å². The Morgan fingerprint density at radius 2 is 2.04 bits per heavy atom. The van der Waals surface area contributed by atoms with Crippen LogP contribution in [0.3, 0.4) is 0 Å². The quantitative estimate of drug-likeness (QED) is 0.701. The second-order valence-corrected chi connectivity index (χ2v) is 6.75. The van der Waals surface area contributed by atoms with Crippen molar-refractivity contribution in [1.82, 2.24) is 10.3 Å². The van der Waals surface area contributed by atoms with Crippen LogP contribution in [0.2, 0.25) is 0 Å². The van der Waals surface area contributed by atoms with Crippen LogP contribution in [0.15, 0.2) is 53.9 Å². The summed E-state index contributed by atoms with van der Waals surface area (Å²) in [5.74, 6) is 0.330. The Bertz CT molecular complexity index is 893. The zero-order chi connectivity index (χ0) is 18.5. The van der Waals surface area contributed by atoms with Gasteiger partial charge in [-0.05, 0) is 48.9 Å². The third-order valence-electron chi connectivity index (χ3n) is 3.96. The highest BCUT2D eigenvalue weighted by atomic mass is 32.1. The van der Waals surface area contributed by atoms with Crippen molar-refractivity contribution in [3.63, 3.8) is 0 Å². The fraction of sp³-hybridized carbons (Fsp3) is 0.200. The highest BCUT2D eigenvalue weighted by Gasteiger charge is 2.13. The summed E-state index contributed by atoms with van der Waals surface area (Å²) < 4.78 is 18.4. The molecule has 3 rings (SSSR count). The lowest BCUT2D eigenvalue weighted by molar-refractivity contribution is -0.121. The molecule has 1 amide bonds. The summed E-state index contributed by atoms with van der Waals surface area (Å²) in [5.41, 5.74) is 2.43. The Hall–Kier alpha value is -2.73. The lowest BCUT2D eigenvalue weighted by Gasteiger charge is -2.14. The molecule has 0 aliphatic carbocycles. The van der Waals surface area contributed by atoms with Crippen molar-refractivity contribution >= 4 is 17.2 Å². The molecule has 2 aromatic carbocycles. The van der Waals surface area contributed by atoms with Crippen molar-refractivity contribution in [2.45, 2.75) is 19.4 Å². The third-order valence-corrected chi connectivity index (χ3v) is 4.90. The minimum Gasteiger partial charge on any atom is -0.497 e. The zero-order valence-electron chi connectivity index (χ0n) is 14.5. The molecule has 134 valence electrons. The summed E-state index contributed by atoms with van der Waals surface area (Å²) in [6.07, 6.45) is 0.187. The molecule has 0 fully saturated rings. The van der Waals surface area contributed by atoms with Gasteiger partial charge < -0.3 is 10.1 Å². The number of halogens is 1. The van der Waals surface area contributed by atoms with Gasteiger partial charge in [0.05, 0.1) is 25.3 Å². The van der Waals surface area contributed by atoms with E-state index in [0.29, 0.717) is 5.69 Å². The van der Waals surface area contributed by atoms with Crippen molar-refractivity contribution < 1.29 is 13.9 Å². The molecule has 0 unspecified atom stereocenters. The molecule has 0 saturated carbocycles. The first-order valence-corrected chi connectivity index (χ1v) is 9.07.